The number of aromatic nitrogens is 2. The fourth-order valence-electron chi connectivity index (χ4n) is 4.08. The summed E-state index contributed by atoms with van der Waals surface area (Å²) in [7, 11) is 2.36. The third kappa shape index (κ3) is 4.40. The predicted molar refractivity (Wildman–Crippen MR) is 108 cm³/mol. The van der Waals surface area contributed by atoms with E-state index in [-0.39, 0.29) is 6.54 Å². The van der Waals surface area contributed by atoms with Crippen LogP contribution in [0, 0.1) is 12.8 Å². The summed E-state index contributed by atoms with van der Waals surface area (Å²) in [6.45, 7) is 3.76. The number of hydrogen-bond acceptors (Lipinski definition) is 6. The van der Waals surface area contributed by atoms with Crippen molar-refractivity contribution in [2.24, 2.45) is 13.0 Å². The van der Waals surface area contributed by atoms with Gasteiger partial charge in [0.25, 0.3) is 0 Å². The lowest BCUT2D eigenvalue weighted by atomic mass is 9.84. The molecule has 0 saturated carbocycles. The quantitative estimate of drug-likeness (QED) is 0.694. The Kier molecular flexibility index (Phi) is 6.61. The Hall–Kier alpha value is -2.59. The minimum absolute atomic E-state index is 0.308. The van der Waals surface area contributed by atoms with Crippen molar-refractivity contribution in [3.63, 3.8) is 0 Å². The van der Waals surface area contributed by atoms with E-state index < -0.39 is 29.5 Å². The van der Waals surface area contributed by atoms with Crippen molar-refractivity contribution in [3.8, 4) is 0 Å². The molecule has 2 heterocycles. The van der Waals surface area contributed by atoms with Crippen LogP contribution in [0.15, 0.2) is 36.7 Å². The van der Waals surface area contributed by atoms with Gasteiger partial charge < -0.3 is 19.3 Å². The molecule has 0 radical (unpaired) electrons. The van der Waals surface area contributed by atoms with Gasteiger partial charge in [-0.3, -0.25) is 9.69 Å². The highest BCUT2D eigenvalue weighted by molar-refractivity contribution is 5.74. The number of esters is 1. The van der Waals surface area contributed by atoms with Crippen LogP contribution in [0.1, 0.15) is 11.4 Å². The molecule has 10 heteroatoms. The first-order valence-electron chi connectivity index (χ1n) is 9.97. The zero-order valence-electron chi connectivity index (χ0n) is 17.8. The number of rotatable bonds is 6. The number of carbonyl (C=O) groups is 1. The number of halogens is 3. The molecule has 0 unspecified atom stereocenters. The topological polar surface area (TPSA) is 70.8 Å². The highest BCUT2D eigenvalue weighted by atomic mass is 19.4. The van der Waals surface area contributed by atoms with Crippen molar-refractivity contribution in [2.75, 3.05) is 44.7 Å². The van der Waals surface area contributed by atoms with Crippen molar-refractivity contribution < 1.29 is 27.8 Å². The molecule has 2 atom stereocenters. The minimum atomic E-state index is -5.13. The first-order chi connectivity index (χ1) is 14.6. The molecule has 1 aromatic heterocycles. The molecule has 0 spiro atoms. The maximum atomic E-state index is 14.1. The lowest BCUT2D eigenvalue weighted by molar-refractivity contribution is -0.291. The average molecular weight is 440 g/mol. The molecule has 1 saturated heterocycles. The lowest BCUT2D eigenvalue weighted by Crippen LogP contribution is -2.58. The number of ether oxygens (including phenoxy) is 1. The van der Waals surface area contributed by atoms with E-state index in [1.807, 2.05) is 31.2 Å². The Bertz CT molecular complexity index is 909. The summed E-state index contributed by atoms with van der Waals surface area (Å²) in [5, 5.41) is 10.9. The molecule has 0 amide bonds. The molecule has 1 N–H and O–H groups in total. The number of imidazole rings is 1. The lowest BCUT2D eigenvalue weighted by Gasteiger charge is -2.41. The number of alkyl halides is 3. The first kappa shape index (κ1) is 23.1. The number of methoxy groups -OCH3 is 1. The van der Waals surface area contributed by atoms with Gasteiger partial charge in [-0.1, -0.05) is 18.2 Å². The van der Waals surface area contributed by atoms with Gasteiger partial charge in [-0.25, -0.2) is 4.98 Å². The number of aliphatic hydroxyl groups is 1. The van der Waals surface area contributed by atoms with E-state index in [0.717, 1.165) is 29.1 Å². The second-order valence-corrected chi connectivity index (χ2v) is 7.78. The van der Waals surface area contributed by atoms with Gasteiger partial charge in [-0.15, -0.1) is 0 Å². The minimum Gasteiger partial charge on any atom is -0.469 e. The van der Waals surface area contributed by atoms with Crippen molar-refractivity contribution in [1.29, 1.82) is 0 Å². The molecule has 1 aliphatic heterocycles. The van der Waals surface area contributed by atoms with Gasteiger partial charge >= 0.3 is 12.1 Å². The van der Waals surface area contributed by atoms with Crippen LogP contribution in [-0.2, 0) is 22.2 Å². The maximum Gasteiger partial charge on any atom is 0.425 e. The van der Waals surface area contributed by atoms with E-state index in [1.165, 1.54) is 13.2 Å². The predicted octanol–water partition coefficient (Wildman–Crippen LogP) is 2.09. The fraction of sp³-hybridized carbons (Fsp3) is 0.524. The SMILES string of the molecule is COC(=O)[C@H](CN1CCN(c2ccccc2C)CC1)[C@](O)(c1nccn1C)C(F)(F)F. The number of piperazine rings is 1. The first-order valence-corrected chi connectivity index (χ1v) is 9.97. The largest absolute Gasteiger partial charge is 0.469 e. The Morgan fingerprint density at radius 1 is 1.23 bits per heavy atom. The second-order valence-electron chi connectivity index (χ2n) is 7.78. The summed E-state index contributed by atoms with van der Waals surface area (Å²) in [5.41, 5.74) is -1.29. The van der Waals surface area contributed by atoms with E-state index in [9.17, 15) is 23.1 Å². The monoisotopic (exact) mass is 440 g/mol. The van der Waals surface area contributed by atoms with Gasteiger partial charge in [-0.2, -0.15) is 13.2 Å². The number of carbonyl (C=O) groups excluding carboxylic acids is 1. The number of aryl methyl sites for hydroxylation is 2. The zero-order chi connectivity index (χ0) is 22.8. The van der Waals surface area contributed by atoms with E-state index in [2.05, 4.69) is 14.6 Å². The van der Waals surface area contributed by atoms with Gasteiger partial charge in [0, 0.05) is 57.9 Å². The second kappa shape index (κ2) is 8.88. The summed E-state index contributed by atoms with van der Waals surface area (Å²) >= 11 is 0. The van der Waals surface area contributed by atoms with Crippen LogP contribution in [0.5, 0.6) is 0 Å². The molecule has 7 nitrogen and oxygen atoms in total. The average Bonchev–Trinajstić information content (AvgIpc) is 3.17. The van der Waals surface area contributed by atoms with Crippen LogP contribution in [-0.4, -0.2) is 71.5 Å². The molecule has 170 valence electrons. The maximum absolute atomic E-state index is 14.1. The number of benzene rings is 1. The molecule has 31 heavy (non-hydrogen) atoms. The summed E-state index contributed by atoms with van der Waals surface area (Å²) in [5.74, 6) is -3.67. The van der Waals surface area contributed by atoms with Gasteiger partial charge in [0.1, 0.15) is 5.92 Å². The van der Waals surface area contributed by atoms with Crippen LogP contribution in [0.25, 0.3) is 0 Å². The zero-order valence-corrected chi connectivity index (χ0v) is 17.8. The highest BCUT2D eigenvalue weighted by Gasteiger charge is 2.65. The molecule has 0 aliphatic carbocycles. The van der Waals surface area contributed by atoms with Crippen molar-refractivity contribution in [3.05, 3.63) is 48.0 Å². The van der Waals surface area contributed by atoms with Crippen molar-refractivity contribution in [1.82, 2.24) is 14.5 Å². The molecule has 2 aromatic rings. The molecule has 1 aromatic carbocycles. The molecule has 1 fully saturated rings. The van der Waals surface area contributed by atoms with Crippen LogP contribution < -0.4 is 4.90 Å². The number of anilines is 1. The van der Waals surface area contributed by atoms with Gasteiger partial charge in [0.15, 0.2) is 5.82 Å². The van der Waals surface area contributed by atoms with Crippen LogP contribution in [0.2, 0.25) is 0 Å². The fourth-order valence-corrected chi connectivity index (χ4v) is 4.08. The summed E-state index contributed by atoms with van der Waals surface area (Å²) < 4.78 is 48.2. The number of para-hydroxylation sites is 1. The number of hydrogen-bond donors (Lipinski definition) is 1. The smallest absolute Gasteiger partial charge is 0.425 e. The van der Waals surface area contributed by atoms with E-state index in [0.29, 0.717) is 26.2 Å². The Labute approximate surface area is 179 Å². The molecule has 3 rings (SSSR count). The Morgan fingerprint density at radius 3 is 2.39 bits per heavy atom. The Balaban J connectivity index is 1.83. The third-order valence-corrected chi connectivity index (χ3v) is 5.85. The van der Waals surface area contributed by atoms with E-state index in [1.54, 1.807) is 4.90 Å². The molecule has 1 aliphatic rings. The molecular weight excluding hydrogens is 413 g/mol. The highest BCUT2D eigenvalue weighted by Crippen LogP contribution is 2.44. The van der Waals surface area contributed by atoms with Crippen molar-refractivity contribution >= 4 is 11.7 Å². The Morgan fingerprint density at radius 2 is 1.87 bits per heavy atom. The third-order valence-electron chi connectivity index (χ3n) is 5.85. The summed E-state index contributed by atoms with van der Waals surface area (Å²) in [6.07, 6.45) is -2.68. The van der Waals surface area contributed by atoms with Gasteiger partial charge in [0.2, 0.25) is 5.60 Å². The van der Waals surface area contributed by atoms with Crippen LogP contribution in [0.4, 0.5) is 18.9 Å². The van der Waals surface area contributed by atoms with Gasteiger partial charge in [0.05, 0.1) is 7.11 Å². The normalized spacial score (nSPS) is 18.5. The van der Waals surface area contributed by atoms with Crippen LogP contribution in [0.3, 0.4) is 0 Å². The number of nitrogens with zero attached hydrogens (tertiary/aromatic N) is 4. The van der Waals surface area contributed by atoms with Crippen molar-refractivity contribution in [2.45, 2.75) is 18.7 Å². The van der Waals surface area contributed by atoms with E-state index in [4.69, 9.17) is 0 Å². The standard InChI is InChI=1S/C21H27F3N4O3/c1-15-6-4-5-7-17(15)28-12-10-27(11-13-28)14-16(18(29)31-3)20(30,21(22,23)24)19-25-8-9-26(19)2/h4-9,16,30H,10-14H2,1-3H3/t16-,20-/m0/s1. The van der Waals surface area contributed by atoms with E-state index >= 15 is 0 Å². The van der Waals surface area contributed by atoms with Crippen LogP contribution >= 0.6 is 0 Å². The van der Waals surface area contributed by atoms with Gasteiger partial charge in [-0.05, 0) is 18.6 Å². The summed E-state index contributed by atoms with van der Waals surface area (Å²) in [4.78, 5) is 20.1. The molecule has 0 bridgehead atoms. The molecular formula is C21H27F3N4O3. The summed E-state index contributed by atoms with van der Waals surface area (Å²) in [6, 6.07) is 7.90.